The zero-order valence-electron chi connectivity index (χ0n) is 9.99. The molecule has 0 atom stereocenters. The SMILES string of the molecule is Cc1cccnc1-c1nncn1-c1ccccc1. The summed E-state index contributed by atoms with van der Waals surface area (Å²) in [5.41, 5.74) is 2.98. The minimum Gasteiger partial charge on any atom is -0.280 e. The van der Waals surface area contributed by atoms with Crippen molar-refractivity contribution >= 4 is 0 Å². The highest BCUT2D eigenvalue weighted by molar-refractivity contribution is 5.57. The molecule has 2 aromatic heterocycles. The van der Waals surface area contributed by atoms with Gasteiger partial charge in [-0.15, -0.1) is 10.2 Å². The summed E-state index contributed by atoms with van der Waals surface area (Å²) in [5.74, 6) is 0.763. The van der Waals surface area contributed by atoms with Crippen LogP contribution in [0.4, 0.5) is 0 Å². The Morgan fingerprint density at radius 3 is 2.61 bits per heavy atom. The van der Waals surface area contributed by atoms with Crippen molar-refractivity contribution in [2.75, 3.05) is 0 Å². The molecule has 0 saturated heterocycles. The lowest BCUT2D eigenvalue weighted by molar-refractivity contribution is 1.04. The van der Waals surface area contributed by atoms with E-state index in [0.29, 0.717) is 0 Å². The quantitative estimate of drug-likeness (QED) is 0.687. The molecule has 18 heavy (non-hydrogen) atoms. The van der Waals surface area contributed by atoms with Crippen LogP contribution in [0.3, 0.4) is 0 Å². The van der Waals surface area contributed by atoms with Crippen LogP contribution in [-0.2, 0) is 0 Å². The average molecular weight is 236 g/mol. The summed E-state index contributed by atoms with van der Waals surface area (Å²) in [6.07, 6.45) is 3.48. The van der Waals surface area contributed by atoms with Crippen molar-refractivity contribution in [1.29, 1.82) is 0 Å². The molecule has 0 bridgehead atoms. The molecule has 0 unspecified atom stereocenters. The molecule has 0 saturated carbocycles. The molecule has 0 N–H and O–H groups in total. The van der Waals surface area contributed by atoms with Crippen molar-refractivity contribution in [3.05, 3.63) is 60.6 Å². The van der Waals surface area contributed by atoms with E-state index in [-0.39, 0.29) is 0 Å². The molecule has 3 rings (SSSR count). The lowest BCUT2D eigenvalue weighted by atomic mass is 10.2. The van der Waals surface area contributed by atoms with E-state index >= 15 is 0 Å². The smallest absolute Gasteiger partial charge is 0.187 e. The van der Waals surface area contributed by atoms with E-state index in [4.69, 9.17) is 0 Å². The first-order valence-corrected chi connectivity index (χ1v) is 5.74. The van der Waals surface area contributed by atoms with E-state index in [1.54, 1.807) is 12.5 Å². The summed E-state index contributed by atoms with van der Waals surface area (Å²) in [7, 11) is 0. The summed E-state index contributed by atoms with van der Waals surface area (Å²) < 4.78 is 1.94. The second-order valence-corrected chi connectivity index (χ2v) is 4.03. The van der Waals surface area contributed by atoms with Gasteiger partial charge in [0.15, 0.2) is 5.82 Å². The molecular formula is C14H12N4. The zero-order chi connectivity index (χ0) is 12.4. The molecule has 4 heteroatoms. The fraction of sp³-hybridized carbons (Fsp3) is 0.0714. The van der Waals surface area contributed by atoms with Gasteiger partial charge in [0.2, 0.25) is 0 Å². The van der Waals surface area contributed by atoms with Crippen molar-refractivity contribution in [2.45, 2.75) is 6.92 Å². The molecule has 0 fully saturated rings. The van der Waals surface area contributed by atoms with E-state index < -0.39 is 0 Å². The van der Waals surface area contributed by atoms with Crippen molar-refractivity contribution in [3.63, 3.8) is 0 Å². The third-order valence-electron chi connectivity index (χ3n) is 2.80. The number of hydrogen-bond donors (Lipinski definition) is 0. The van der Waals surface area contributed by atoms with E-state index in [9.17, 15) is 0 Å². The second kappa shape index (κ2) is 4.41. The summed E-state index contributed by atoms with van der Waals surface area (Å²) in [5, 5.41) is 8.16. The number of pyridine rings is 1. The Bertz CT molecular complexity index is 658. The van der Waals surface area contributed by atoms with Gasteiger partial charge in [-0.05, 0) is 30.7 Å². The van der Waals surface area contributed by atoms with E-state index in [1.807, 2.05) is 54.0 Å². The van der Waals surface area contributed by atoms with Gasteiger partial charge in [-0.2, -0.15) is 0 Å². The molecule has 0 radical (unpaired) electrons. The van der Waals surface area contributed by atoms with Gasteiger partial charge < -0.3 is 0 Å². The molecule has 0 aliphatic carbocycles. The number of benzene rings is 1. The lowest BCUT2D eigenvalue weighted by Gasteiger charge is -2.07. The van der Waals surface area contributed by atoms with Gasteiger partial charge in [0.05, 0.1) is 0 Å². The van der Waals surface area contributed by atoms with Gasteiger partial charge in [-0.3, -0.25) is 9.55 Å². The number of aryl methyl sites for hydroxylation is 1. The molecule has 4 nitrogen and oxygen atoms in total. The maximum atomic E-state index is 4.38. The second-order valence-electron chi connectivity index (χ2n) is 4.03. The number of rotatable bonds is 2. The van der Waals surface area contributed by atoms with Crippen LogP contribution in [-0.4, -0.2) is 19.7 Å². The Labute approximate surface area is 105 Å². The van der Waals surface area contributed by atoms with Crippen LogP contribution >= 0.6 is 0 Å². The van der Waals surface area contributed by atoms with Crippen LogP contribution < -0.4 is 0 Å². The summed E-state index contributed by atoms with van der Waals surface area (Å²) >= 11 is 0. The van der Waals surface area contributed by atoms with Crippen molar-refractivity contribution in [3.8, 4) is 17.2 Å². The minimum atomic E-state index is 0.763. The molecule has 0 amide bonds. The first-order chi connectivity index (χ1) is 8.86. The average Bonchev–Trinajstić information content (AvgIpc) is 2.89. The minimum absolute atomic E-state index is 0.763. The predicted octanol–water partition coefficient (Wildman–Crippen LogP) is 2.64. The van der Waals surface area contributed by atoms with Gasteiger partial charge in [-0.1, -0.05) is 24.3 Å². The Kier molecular flexibility index (Phi) is 2.61. The lowest BCUT2D eigenvalue weighted by Crippen LogP contribution is -1.98. The monoisotopic (exact) mass is 236 g/mol. The standard InChI is InChI=1S/C14H12N4/c1-11-6-5-9-15-13(11)14-17-16-10-18(14)12-7-3-2-4-8-12/h2-10H,1H3. The fourth-order valence-corrected chi connectivity index (χ4v) is 1.89. The highest BCUT2D eigenvalue weighted by Crippen LogP contribution is 2.20. The van der Waals surface area contributed by atoms with Crippen LogP contribution in [0, 0.1) is 6.92 Å². The van der Waals surface area contributed by atoms with Crippen LogP contribution in [0.5, 0.6) is 0 Å². The van der Waals surface area contributed by atoms with Crippen molar-refractivity contribution in [1.82, 2.24) is 19.7 Å². The third kappa shape index (κ3) is 1.78. The molecule has 0 aliphatic heterocycles. The van der Waals surface area contributed by atoms with E-state index in [0.717, 1.165) is 22.8 Å². The zero-order valence-corrected chi connectivity index (χ0v) is 9.99. The Morgan fingerprint density at radius 2 is 1.83 bits per heavy atom. The normalized spacial score (nSPS) is 10.5. The predicted molar refractivity (Wildman–Crippen MR) is 69.3 cm³/mol. The molecule has 0 spiro atoms. The maximum Gasteiger partial charge on any atom is 0.187 e. The maximum absolute atomic E-state index is 4.38. The van der Waals surface area contributed by atoms with Crippen LogP contribution in [0.1, 0.15) is 5.56 Å². The van der Waals surface area contributed by atoms with E-state index in [1.165, 1.54) is 0 Å². The van der Waals surface area contributed by atoms with Crippen molar-refractivity contribution in [2.24, 2.45) is 0 Å². The topological polar surface area (TPSA) is 43.6 Å². The molecule has 0 aliphatic rings. The van der Waals surface area contributed by atoms with Crippen LogP contribution in [0.2, 0.25) is 0 Å². The number of hydrogen-bond acceptors (Lipinski definition) is 3. The Morgan fingerprint density at radius 1 is 1.00 bits per heavy atom. The fourth-order valence-electron chi connectivity index (χ4n) is 1.89. The van der Waals surface area contributed by atoms with Gasteiger partial charge in [0, 0.05) is 11.9 Å². The van der Waals surface area contributed by atoms with Crippen LogP contribution in [0.25, 0.3) is 17.2 Å². The first kappa shape index (κ1) is 10.7. The van der Waals surface area contributed by atoms with Crippen molar-refractivity contribution < 1.29 is 0 Å². The highest BCUT2D eigenvalue weighted by atomic mass is 15.3. The molecule has 1 aromatic carbocycles. The number of nitrogens with zero attached hydrogens (tertiary/aromatic N) is 4. The Hall–Kier alpha value is -2.49. The summed E-state index contributed by atoms with van der Waals surface area (Å²) in [6, 6.07) is 13.9. The molecule has 88 valence electrons. The van der Waals surface area contributed by atoms with Crippen LogP contribution in [0.15, 0.2) is 55.0 Å². The van der Waals surface area contributed by atoms with Gasteiger partial charge in [-0.25, -0.2) is 0 Å². The highest BCUT2D eigenvalue weighted by Gasteiger charge is 2.11. The molecular weight excluding hydrogens is 224 g/mol. The summed E-state index contributed by atoms with van der Waals surface area (Å²) in [6.45, 7) is 2.02. The van der Waals surface area contributed by atoms with Gasteiger partial charge in [0.1, 0.15) is 12.0 Å². The van der Waals surface area contributed by atoms with Gasteiger partial charge in [0.25, 0.3) is 0 Å². The summed E-state index contributed by atoms with van der Waals surface area (Å²) in [4.78, 5) is 4.38. The molecule has 2 heterocycles. The Balaban J connectivity index is 2.16. The molecule has 3 aromatic rings. The number of para-hydroxylation sites is 1. The number of aromatic nitrogens is 4. The largest absolute Gasteiger partial charge is 0.280 e. The van der Waals surface area contributed by atoms with Gasteiger partial charge >= 0.3 is 0 Å². The van der Waals surface area contributed by atoms with E-state index in [2.05, 4.69) is 15.2 Å². The first-order valence-electron chi connectivity index (χ1n) is 5.74. The third-order valence-corrected chi connectivity index (χ3v) is 2.80.